The minimum absolute atomic E-state index is 0.275. The van der Waals surface area contributed by atoms with Crippen molar-refractivity contribution in [2.75, 3.05) is 30.9 Å². The molecule has 1 aromatic heterocycles. The van der Waals surface area contributed by atoms with Gasteiger partial charge in [0, 0.05) is 42.9 Å². The molecule has 2 N–H and O–H groups in total. The van der Waals surface area contributed by atoms with E-state index in [1.54, 1.807) is 43.6 Å². The molecule has 0 aliphatic rings. The number of amides is 1. The summed E-state index contributed by atoms with van der Waals surface area (Å²) >= 11 is 5.90. The topological polar surface area (TPSA) is 63.2 Å². The van der Waals surface area contributed by atoms with Gasteiger partial charge in [-0.05, 0) is 36.8 Å². The molecule has 5 nitrogen and oxygen atoms in total. The van der Waals surface area contributed by atoms with Gasteiger partial charge in [0.1, 0.15) is 5.69 Å². The van der Waals surface area contributed by atoms with E-state index in [1.165, 1.54) is 0 Å². The fraction of sp³-hybridized carbons (Fsp3) is 0.250. The van der Waals surface area contributed by atoms with Gasteiger partial charge in [0.25, 0.3) is 5.91 Å². The Labute approximate surface area is 134 Å². The van der Waals surface area contributed by atoms with Gasteiger partial charge in [-0.15, -0.1) is 0 Å². The second-order valence-corrected chi connectivity index (χ2v) is 5.10. The molecule has 116 valence electrons. The van der Waals surface area contributed by atoms with Crippen LogP contribution in [0.25, 0.3) is 0 Å². The number of nitrogens with one attached hydrogen (secondary N) is 2. The molecule has 2 rings (SSSR count). The molecule has 0 fully saturated rings. The van der Waals surface area contributed by atoms with E-state index in [0.29, 0.717) is 23.0 Å². The van der Waals surface area contributed by atoms with Crippen LogP contribution in [0.4, 0.5) is 11.4 Å². The fourth-order valence-electron chi connectivity index (χ4n) is 1.88. The number of carbonyl (C=O) groups excluding carboxylic acids is 1. The Morgan fingerprint density at radius 3 is 2.91 bits per heavy atom. The number of methoxy groups -OCH3 is 1. The number of ether oxygens (including phenoxy) is 1. The minimum Gasteiger partial charge on any atom is -0.385 e. The Bertz CT molecular complexity index is 634. The SMILES string of the molecule is COCCCNc1ccnc(C(=O)Nc2cccc(Cl)c2)c1. The number of anilines is 2. The first kappa shape index (κ1) is 16.3. The normalized spacial score (nSPS) is 10.3. The summed E-state index contributed by atoms with van der Waals surface area (Å²) in [6, 6.07) is 10.5. The van der Waals surface area contributed by atoms with Crippen molar-refractivity contribution in [1.82, 2.24) is 4.98 Å². The number of hydrogen-bond donors (Lipinski definition) is 2. The van der Waals surface area contributed by atoms with Crippen molar-refractivity contribution in [3.05, 3.63) is 53.3 Å². The predicted octanol–water partition coefficient (Wildman–Crippen LogP) is 3.44. The van der Waals surface area contributed by atoms with E-state index < -0.39 is 0 Å². The molecule has 0 aliphatic carbocycles. The molecular formula is C16H18ClN3O2. The molecule has 22 heavy (non-hydrogen) atoms. The number of carbonyl (C=O) groups is 1. The van der Waals surface area contributed by atoms with Crippen molar-refractivity contribution in [2.45, 2.75) is 6.42 Å². The second-order valence-electron chi connectivity index (χ2n) is 4.67. The lowest BCUT2D eigenvalue weighted by molar-refractivity contribution is 0.102. The largest absolute Gasteiger partial charge is 0.385 e. The third-order valence-corrected chi connectivity index (χ3v) is 3.16. The summed E-state index contributed by atoms with van der Waals surface area (Å²) in [5.41, 5.74) is 1.83. The van der Waals surface area contributed by atoms with Crippen molar-refractivity contribution in [2.24, 2.45) is 0 Å². The van der Waals surface area contributed by atoms with Crippen LogP contribution in [0.2, 0.25) is 5.02 Å². The van der Waals surface area contributed by atoms with Crippen LogP contribution in [0.3, 0.4) is 0 Å². The van der Waals surface area contributed by atoms with Crippen LogP contribution in [-0.2, 0) is 4.74 Å². The first-order valence-electron chi connectivity index (χ1n) is 6.95. The van der Waals surface area contributed by atoms with Crippen molar-refractivity contribution < 1.29 is 9.53 Å². The summed E-state index contributed by atoms with van der Waals surface area (Å²) in [5, 5.41) is 6.56. The summed E-state index contributed by atoms with van der Waals surface area (Å²) in [5.74, 6) is -0.275. The van der Waals surface area contributed by atoms with E-state index in [2.05, 4.69) is 15.6 Å². The van der Waals surface area contributed by atoms with Crippen molar-refractivity contribution in [3.8, 4) is 0 Å². The van der Waals surface area contributed by atoms with Crippen LogP contribution < -0.4 is 10.6 Å². The predicted molar refractivity (Wildman–Crippen MR) is 88.6 cm³/mol. The maximum Gasteiger partial charge on any atom is 0.274 e. The molecule has 0 unspecified atom stereocenters. The highest BCUT2D eigenvalue weighted by molar-refractivity contribution is 6.30. The molecule has 0 bridgehead atoms. The molecule has 1 amide bonds. The Kier molecular flexibility index (Phi) is 6.18. The lowest BCUT2D eigenvalue weighted by Crippen LogP contribution is -2.14. The summed E-state index contributed by atoms with van der Waals surface area (Å²) in [6.45, 7) is 1.47. The molecule has 0 atom stereocenters. The number of rotatable bonds is 7. The Morgan fingerprint density at radius 1 is 1.27 bits per heavy atom. The van der Waals surface area contributed by atoms with Crippen LogP contribution in [0.15, 0.2) is 42.6 Å². The standard InChI is InChI=1S/C16H18ClN3O2/c1-22-9-3-7-18-13-6-8-19-15(11-13)16(21)20-14-5-2-4-12(17)10-14/h2,4-6,8,10-11H,3,7,9H2,1H3,(H,18,19)(H,20,21). The quantitative estimate of drug-likeness (QED) is 0.767. The van der Waals surface area contributed by atoms with Gasteiger partial charge in [-0.1, -0.05) is 17.7 Å². The van der Waals surface area contributed by atoms with Gasteiger partial charge in [-0.3, -0.25) is 9.78 Å². The Hall–Kier alpha value is -2.11. The average Bonchev–Trinajstić information content (AvgIpc) is 2.52. The first-order valence-corrected chi connectivity index (χ1v) is 7.32. The number of pyridine rings is 1. The van der Waals surface area contributed by atoms with Crippen LogP contribution in [0, 0.1) is 0 Å². The van der Waals surface area contributed by atoms with Gasteiger partial charge in [-0.25, -0.2) is 0 Å². The van der Waals surface area contributed by atoms with E-state index >= 15 is 0 Å². The molecule has 0 saturated carbocycles. The number of aromatic nitrogens is 1. The van der Waals surface area contributed by atoms with Gasteiger partial charge in [-0.2, -0.15) is 0 Å². The fourth-order valence-corrected chi connectivity index (χ4v) is 2.07. The zero-order valence-corrected chi connectivity index (χ0v) is 13.1. The van der Waals surface area contributed by atoms with Gasteiger partial charge in [0.2, 0.25) is 0 Å². The van der Waals surface area contributed by atoms with Crippen molar-refractivity contribution in [1.29, 1.82) is 0 Å². The second kappa shape index (κ2) is 8.36. The van der Waals surface area contributed by atoms with Crippen LogP contribution in [-0.4, -0.2) is 31.2 Å². The number of benzene rings is 1. The first-order chi connectivity index (χ1) is 10.7. The van der Waals surface area contributed by atoms with Gasteiger partial charge in [0.15, 0.2) is 0 Å². The summed E-state index contributed by atoms with van der Waals surface area (Å²) in [4.78, 5) is 16.3. The zero-order valence-electron chi connectivity index (χ0n) is 12.3. The summed E-state index contributed by atoms with van der Waals surface area (Å²) in [7, 11) is 1.67. The van der Waals surface area contributed by atoms with Crippen LogP contribution in [0.5, 0.6) is 0 Å². The lowest BCUT2D eigenvalue weighted by atomic mass is 10.2. The highest BCUT2D eigenvalue weighted by Crippen LogP contribution is 2.16. The summed E-state index contributed by atoms with van der Waals surface area (Å²) < 4.78 is 4.99. The molecule has 0 aliphatic heterocycles. The maximum atomic E-state index is 12.2. The minimum atomic E-state index is -0.275. The molecule has 1 aromatic carbocycles. The molecule has 0 radical (unpaired) electrons. The van der Waals surface area contributed by atoms with Crippen LogP contribution >= 0.6 is 11.6 Å². The lowest BCUT2D eigenvalue weighted by Gasteiger charge is -2.08. The van der Waals surface area contributed by atoms with E-state index in [-0.39, 0.29) is 5.91 Å². The molecule has 2 aromatic rings. The molecule has 0 saturated heterocycles. The Morgan fingerprint density at radius 2 is 2.14 bits per heavy atom. The van der Waals surface area contributed by atoms with Gasteiger partial charge >= 0.3 is 0 Å². The van der Waals surface area contributed by atoms with Crippen LogP contribution in [0.1, 0.15) is 16.9 Å². The smallest absolute Gasteiger partial charge is 0.274 e. The molecule has 0 spiro atoms. The molecule has 6 heteroatoms. The average molecular weight is 320 g/mol. The van der Waals surface area contributed by atoms with Gasteiger partial charge < -0.3 is 15.4 Å². The third kappa shape index (κ3) is 5.02. The highest BCUT2D eigenvalue weighted by atomic mass is 35.5. The summed E-state index contributed by atoms with van der Waals surface area (Å²) in [6.07, 6.45) is 2.49. The molecular weight excluding hydrogens is 302 g/mol. The van der Waals surface area contributed by atoms with E-state index in [9.17, 15) is 4.79 Å². The van der Waals surface area contributed by atoms with Crippen molar-refractivity contribution in [3.63, 3.8) is 0 Å². The zero-order chi connectivity index (χ0) is 15.8. The van der Waals surface area contributed by atoms with E-state index in [4.69, 9.17) is 16.3 Å². The third-order valence-electron chi connectivity index (χ3n) is 2.93. The van der Waals surface area contributed by atoms with E-state index in [0.717, 1.165) is 18.7 Å². The highest BCUT2D eigenvalue weighted by Gasteiger charge is 2.08. The van der Waals surface area contributed by atoms with Crippen molar-refractivity contribution >= 4 is 28.9 Å². The molecule has 1 heterocycles. The number of nitrogens with zero attached hydrogens (tertiary/aromatic N) is 1. The number of halogens is 1. The Balaban J connectivity index is 1.97. The monoisotopic (exact) mass is 319 g/mol. The van der Waals surface area contributed by atoms with Gasteiger partial charge in [0.05, 0.1) is 0 Å². The van der Waals surface area contributed by atoms with E-state index in [1.807, 2.05) is 6.07 Å². The maximum absolute atomic E-state index is 12.2. The number of hydrogen-bond acceptors (Lipinski definition) is 4.